The van der Waals surface area contributed by atoms with Crippen molar-refractivity contribution in [3.8, 4) is 5.75 Å². The van der Waals surface area contributed by atoms with Gasteiger partial charge in [0.1, 0.15) is 24.3 Å². The van der Waals surface area contributed by atoms with Gasteiger partial charge in [-0.2, -0.15) is 0 Å². The summed E-state index contributed by atoms with van der Waals surface area (Å²) in [5.41, 5.74) is 0. The number of aliphatic hydroxyl groups is 1. The summed E-state index contributed by atoms with van der Waals surface area (Å²) in [6.07, 6.45) is 1.70. The average Bonchev–Trinajstić information content (AvgIpc) is 2.47. The third-order valence-corrected chi connectivity index (χ3v) is 3.72. The first-order valence-corrected chi connectivity index (χ1v) is 7.13. The highest BCUT2D eigenvalue weighted by Gasteiger charge is 2.19. The number of rotatable bonds is 6. The molecule has 1 heterocycles. The van der Waals surface area contributed by atoms with Gasteiger partial charge in [-0.15, -0.1) is 24.8 Å². The van der Waals surface area contributed by atoms with Gasteiger partial charge in [-0.25, -0.2) is 4.39 Å². The number of nitrogens with one attached hydrogen (secondary N) is 1. The van der Waals surface area contributed by atoms with Gasteiger partial charge in [0.25, 0.3) is 0 Å². The van der Waals surface area contributed by atoms with E-state index in [1.807, 2.05) is 7.05 Å². The van der Waals surface area contributed by atoms with Crippen molar-refractivity contribution in [2.75, 3.05) is 33.3 Å². The van der Waals surface area contributed by atoms with Crippen LogP contribution in [0, 0.1) is 5.82 Å². The molecule has 7 heteroatoms. The molecule has 1 unspecified atom stereocenters. The maximum Gasteiger partial charge on any atom is 0.123 e. The predicted octanol–water partition coefficient (Wildman–Crippen LogP) is 2.09. The molecule has 2 N–H and O–H groups in total. The predicted molar refractivity (Wildman–Crippen MR) is 90.9 cm³/mol. The Kier molecular flexibility index (Phi) is 10.7. The summed E-state index contributed by atoms with van der Waals surface area (Å²) in [6, 6.07) is 6.44. The largest absolute Gasteiger partial charge is 0.491 e. The van der Waals surface area contributed by atoms with E-state index in [0.29, 0.717) is 18.3 Å². The van der Waals surface area contributed by atoms with Gasteiger partial charge in [0.15, 0.2) is 0 Å². The summed E-state index contributed by atoms with van der Waals surface area (Å²) in [5.74, 6) is 0.296. The first-order valence-electron chi connectivity index (χ1n) is 7.13. The number of hydrogen-bond acceptors (Lipinski definition) is 4. The number of ether oxygens (including phenoxy) is 1. The maximum absolute atomic E-state index is 12.7. The number of piperidine rings is 1. The van der Waals surface area contributed by atoms with Crippen molar-refractivity contribution in [3.05, 3.63) is 30.1 Å². The van der Waals surface area contributed by atoms with E-state index >= 15 is 0 Å². The zero-order valence-corrected chi connectivity index (χ0v) is 14.3. The first-order chi connectivity index (χ1) is 9.67. The van der Waals surface area contributed by atoms with E-state index < -0.39 is 6.10 Å². The SMILES string of the molecule is CNC1CCN(CC(O)COc2ccc(F)cc2)CC1.Cl.Cl. The van der Waals surface area contributed by atoms with Crippen LogP contribution in [0.1, 0.15) is 12.8 Å². The van der Waals surface area contributed by atoms with Crippen LogP contribution in [0.4, 0.5) is 4.39 Å². The van der Waals surface area contributed by atoms with Gasteiger partial charge in [0, 0.05) is 12.6 Å². The molecule has 4 nitrogen and oxygen atoms in total. The second-order valence-corrected chi connectivity index (χ2v) is 5.28. The fraction of sp³-hybridized carbons (Fsp3) is 0.600. The molecule has 0 saturated carbocycles. The van der Waals surface area contributed by atoms with Crippen LogP contribution in [0.3, 0.4) is 0 Å². The van der Waals surface area contributed by atoms with E-state index in [9.17, 15) is 9.50 Å². The molecule has 1 fully saturated rings. The lowest BCUT2D eigenvalue weighted by molar-refractivity contribution is 0.0583. The molecular formula is C15H25Cl2FN2O2. The molecule has 0 amide bonds. The lowest BCUT2D eigenvalue weighted by Crippen LogP contribution is -2.44. The fourth-order valence-electron chi connectivity index (χ4n) is 2.48. The van der Waals surface area contributed by atoms with Crippen molar-refractivity contribution in [2.45, 2.75) is 25.0 Å². The Balaban J connectivity index is 0.00000220. The Morgan fingerprint density at radius 2 is 1.86 bits per heavy atom. The van der Waals surface area contributed by atoms with Crippen molar-refractivity contribution in [3.63, 3.8) is 0 Å². The molecule has 1 aliphatic heterocycles. The Bertz CT molecular complexity index is 401. The zero-order chi connectivity index (χ0) is 14.4. The van der Waals surface area contributed by atoms with Crippen LogP contribution >= 0.6 is 24.8 Å². The monoisotopic (exact) mass is 354 g/mol. The summed E-state index contributed by atoms with van der Waals surface area (Å²) in [7, 11) is 1.99. The highest BCUT2D eigenvalue weighted by molar-refractivity contribution is 5.85. The molecule has 1 aromatic carbocycles. The number of likely N-dealkylation sites (tertiary alicyclic amines) is 1. The van der Waals surface area contributed by atoms with Gasteiger partial charge in [0.05, 0.1) is 0 Å². The molecule has 22 heavy (non-hydrogen) atoms. The van der Waals surface area contributed by atoms with E-state index in [4.69, 9.17) is 4.74 Å². The van der Waals surface area contributed by atoms with Crippen molar-refractivity contribution in [2.24, 2.45) is 0 Å². The van der Waals surface area contributed by atoms with Crippen LogP contribution in [0.2, 0.25) is 0 Å². The Morgan fingerprint density at radius 3 is 2.41 bits per heavy atom. The molecule has 0 aromatic heterocycles. The average molecular weight is 355 g/mol. The molecule has 0 spiro atoms. The van der Waals surface area contributed by atoms with Crippen LogP contribution in [-0.2, 0) is 0 Å². The van der Waals surface area contributed by atoms with Crippen LogP contribution < -0.4 is 10.1 Å². The van der Waals surface area contributed by atoms with Crippen molar-refractivity contribution in [1.29, 1.82) is 0 Å². The Labute approximate surface area is 143 Å². The standard InChI is InChI=1S/C15H23FN2O2.2ClH/c1-17-13-6-8-18(9-7-13)10-14(19)11-20-15-4-2-12(16)3-5-15;;/h2-5,13-14,17,19H,6-11H2,1H3;2*1H. The molecule has 1 atom stereocenters. The van der Waals surface area contributed by atoms with Gasteiger partial charge in [0.2, 0.25) is 0 Å². The summed E-state index contributed by atoms with van der Waals surface area (Å²) < 4.78 is 18.2. The highest BCUT2D eigenvalue weighted by atomic mass is 35.5. The molecule has 1 saturated heterocycles. The van der Waals surface area contributed by atoms with E-state index in [1.165, 1.54) is 12.1 Å². The van der Waals surface area contributed by atoms with E-state index in [0.717, 1.165) is 25.9 Å². The second kappa shape index (κ2) is 11.0. The minimum Gasteiger partial charge on any atom is -0.491 e. The molecule has 0 radical (unpaired) electrons. The van der Waals surface area contributed by atoms with E-state index in [2.05, 4.69) is 10.2 Å². The summed E-state index contributed by atoms with van der Waals surface area (Å²) in [4.78, 5) is 2.26. The number of halogens is 3. The van der Waals surface area contributed by atoms with Crippen molar-refractivity contribution < 1.29 is 14.2 Å². The third-order valence-electron chi connectivity index (χ3n) is 3.72. The number of aliphatic hydroxyl groups excluding tert-OH is 1. The van der Waals surface area contributed by atoms with Gasteiger partial charge in [-0.3, -0.25) is 0 Å². The highest BCUT2D eigenvalue weighted by Crippen LogP contribution is 2.13. The molecule has 1 aliphatic rings. The molecule has 0 bridgehead atoms. The number of β-amino-alcohol motifs (C(OH)–C–C–N with tert-alkyl or cyclic N) is 1. The quantitative estimate of drug-likeness (QED) is 0.820. The molecule has 0 aliphatic carbocycles. The summed E-state index contributed by atoms with van der Waals surface area (Å²) in [6.45, 7) is 2.85. The minimum atomic E-state index is -0.522. The van der Waals surface area contributed by atoms with Crippen molar-refractivity contribution >= 4 is 24.8 Å². The smallest absolute Gasteiger partial charge is 0.123 e. The second-order valence-electron chi connectivity index (χ2n) is 5.28. The van der Waals surface area contributed by atoms with Gasteiger partial charge in [-0.05, 0) is 57.2 Å². The Hall–Kier alpha value is -0.590. The number of benzene rings is 1. The third kappa shape index (κ3) is 7.11. The van der Waals surface area contributed by atoms with Crippen LogP contribution in [-0.4, -0.2) is 55.4 Å². The normalized spacial score (nSPS) is 17.2. The zero-order valence-electron chi connectivity index (χ0n) is 12.7. The summed E-state index contributed by atoms with van der Waals surface area (Å²) >= 11 is 0. The number of hydrogen-bond donors (Lipinski definition) is 2. The topological polar surface area (TPSA) is 44.7 Å². The summed E-state index contributed by atoms with van der Waals surface area (Å²) in [5, 5.41) is 13.3. The van der Waals surface area contributed by atoms with Crippen LogP contribution in [0.25, 0.3) is 0 Å². The molecule has 1 aromatic rings. The van der Waals surface area contributed by atoms with Gasteiger partial charge >= 0.3 is 0 Å². The van der Waals surface area contributed by atoms with E-state index in [-0.39, 0.29) is 37.2 Å². The minimum absolute atomic E-state index is 0. The van der Waals surface area contributed by atoms with Crippen LogP contribution in [0.15, 0.2) is 24.3 Å². The molecule has 128 valence electrons. The lowest BCUT2D eigenvalue weighted by atomic mass is 10.1. The molecular weight excluding hydrogens is 330 g/mol. The maximum atomic E-state index is 12.7. The van der Waals surface area contributed by atoms with Crippen molar-refractivity contribution in [1.82, 2.24) is 10.2 Å². The van der Waals surface area contributed by atoms with E-state index in [1.54, 1.807) is 12.1 Å². The lowest BCUT2D eigenvalue weighted by Gasteiger charge is -2.32. The van der Waals surface area contributed by atoms with Crippen LogP contribution in [0.5, 0.6) is 5.75 Å². The number of nitrogens with zero attached hydrogens (tertiary/aromatic N) is 1. The van der Waals surface area contributed by atoms with Gasteiger partial charge in [-0.1, -0.05) is 0 Å². The van der Waals surface area contributed by atoms with Gasteiger partial charge < -0.3 is 20.1 Å². The fourth-order valence-corrected chi connectivity index (χ4v) is 2.48. The Morgan fingerprint density at radius 1 is 1.27 bits per heavy atom. The molecule has 2 rings (SSSR count). The first kappa shape index (κ1) is 21.4.